The lowest BCUT2D eigenvalue weighted by atomic mass is 10.2. The van der Waals surface area contributed by atoms with Crippen molar-refractivity contribution in [2.24, 2.45) is 0 Å². The zero-order valence-corrected chi connectivity index (χ0v) is 10.2. The monoisotopic (exact) mass is 248 g/mol. The van der Waals surface area contributed by atoms with E-state index in [1.807, 2.05) is 30.3 Å². The summed E-state index contributed by atoms with van der Waals surface area (Å²) < 4.78 is 5.25. The van der Waals surface area contributed by atoms with E-state index in [-0.39, 0.29) is 0 Å². The molecule has 0 radical (unpaired) electrons. The molecule has 0 atom stereocenters. The van der Waals surface area contributed by atoms with Gasteiger partial charge in [0.25, 0.3) is 0 Å². The lowest BCUT2D eigenvalue weighted by Crippen LogP contribution is -1.95. The standard InChI is InChI=1S/C13H13ClN2O/c1-17-13-5-3-2-4-12(13)16-11-7-6-9(15)8-10(11)14/h2-8,16H,15H2,1H3. The molecule has 0 aliphatic heterocycles. The van der Waals surface area contributed by atoms with Crippen LogP contribution in [-0.4, -0.2) is 7.11 Å². The predicted molar refractivity (Wildman–Crippen MR) is 72.1 cm³/mol. The van der Waals surface area contributed by atoms with Crippen LogP contribution < -0.4 is 15.8 Å². The van der Waals surface area contributed by atoms with Crippen LogP contribution in [0.2, 0.25) is 5.02 Å². The van der Waals surface area contributed by atoms with Gasteiger partial charge in [0.1, 0.15) is 5.75 Å². The fourth-order valence-electron chi connectivity index (χ4n) is 1.53. The first-order valence-electron chi connectivity index (χ1n) is 5.16. The number of rotatable bonds is 3. The van der Waals surface area contributed by atoms with Crippen LogP contribution in [0.1, 0.15) is 0 Å². The molecule has 0 aliphatic carbocycles. The molecule has 3 nitrogen and oxygen atoms in total. The number of anilines is 3. The summed E-state index contributed by atoms with van der Waals surface area (Å²) in [6.45, 7) is 0. The summed E-state index contributed by atoms with van der Waals surface area (Å²) in [5, 5.41) is 3.79. The molecule has 0 aliphatic rings. The van der Waals surface area contributed by atoms with Gasteiger partial charge in [-0.05, 0) is 30.3 Å². The average Bonchev–Trinajstić information content (AvgIpc) is 2.33. The van der Waals surface area contributed by atoms with Crippen molar-refractivity contribution >= 4 is 28.7 Å². The number of hydrogen-bond donors (Lipinski definition) is 2. The van der Waals surface area contributed by atoms with Crippen molar-refractivity contribution in [3.8, 4) is 5.75 Å². The summed E-state index contributed by atoms with van der Waals surface area (Å²) in [5.74, 6) is 0.764. The highest BCUT2D eigenvalue weighted by Crippen LogP contribution is 2.31. The van der Waals surface area contributed by atoms with Crippen LogP contribution in [0.15, 0.2) is 42.5 Å². The molecular formula is C13H13ClN2O. The number of methoxy groups -OCH3 is 1. The van der Waals surface area contributed by atoms with Gasteiger partial charge in [-0.15, -0.1) is 0 Å². The average molecular weight is 249 g/mol. The van der Waals surface area contributed by atoms with Gasteiger partial charge in [0.15, 0.2) is 0 Å². The van der Waals surface area contributed by atoms with Crippen molar-refractivity contribution in [2.75, 3.05) is 18.2 Å². The van der Waals surface area contributed by atoms with Gasteiger partial charge in [0.2, 0.25) is 0 Å². The number of nitrogen functional groups attached to an aromatic ring is 1. The van der Waals surface area contributed by atoms with Crippen LogP contribution in [-0.2, 0) is 0 Å². The van der Waals surface area contributed by atoms with Crippen molar-refractivity contribution in [2.45, 2.75) is 0 Å². The van der Waals surface area contributed by atoms with Gasteiger partial charge in [-0.1, -0.05) is 23.7 Å². The van der Waals surface area contributed by atoms with Crippen LogP contribution >= 0.6 is 11.6 Å². The predicted octanol–water partition coefficient (Wildman–Crippen LogP) is 3.67. The first kappa shape index (κ1) is 11.6. The quantitative estimate of drug-likeness (QED) is 0.815. The molecule has 0 bridgehead atoms. The molecule has 0 saturated heterocycles. The molecule has 2 rings (SSSR count). The third kappa shape index (κ3) is 2.63. The smallest absolute Gasteiger partial charge is 0.142 e. The maximum Gasteiger partial charge on any atom is 0.142 e. The van der Waals surface area contributed by atoms with Gasteiger partial charge in [0, 0.05) is 5.69 Å². The SMILES string of the molecule is COc1ccccc1Nc1ccc(N)cc1Cl. The second-order valence-electron chi connectivity index (χ2n) is 3.56. The van der Waals surface area contributed by atoms with Crippen LogP contribution in [0, 0.1) is 0 Å². The Kier molecular flexibility index (Phi) is 3.40. The molecule has 88 valence electrons. The maximum atomic E-state index is 6.09. The van der Waals surface area contributed by atoms with Gasteiger partial charge in [-0.3, -0.25) is 0 Å². The first-order chi connectivity index (χ1) is 8.20. The van der Waals surface area contributed by atoms with Crippen molar-refractivity contribution < 1.29 is 4.74 Å². The minimum Gasteiger partial charge on any atom is -0.495 e. The molecular weight excluding hydrogens is 236 g/mol. The lowest BCUT2D eigenvalue weighted by Gasteiger charge is -2.12. The number of nitrogens with one attached hydrogen (secondary N) is 1. The summed E-state index contributed by atoms with van der Waals surface area (Å²) in [7, 11) is 1.63. The summed E-state index contributed by atoms with van der Waals surface area (Å²) in [5.41, 5.74) is 7.94. The normalized spacial score (nSPS) is 10.0. The second-order valence-corrected chi connectivity index (χ2v) is 3.97. The third-order valence-corrected chi connectivity index (χ3v) is 2.68. The third-order valence-electron chi connectivity index (χ3n) is 2.37. The van der Waals surface area contributed by atoms with Crippen LogP contribution in [0.25, 0.3) is 0 Å². The van der Waals surface area contributed by atoms with E-state index in [2.05, 4.69) is 5.32 Å². The van der Waals surface area contributed by atoms with Crippen LogP contribution in [0.5, 0.6) is 5.75 Å². The van der Waals surface area contributed by atoms with Gasteiger partial charge < -0.3 is 15.8 Å². The number of nitrogens with two attached hydrogens (primary N) is 1. The molecule has 0 saturated carbocycles. The van der Waals surface area contributed by atoms with Crippen molar-refractivity contribution in [1.82, 2.24) is 0 Å². The molecule has 0 spiro atoms. The van der Waals surface area contributed by atoms with E-state index in [1.165, 1.54) is 0 Å². The number of benzene rings is 2. The number of halogens is 1. The zero-order valence-electron chi connectivity index (χ0n) is 9.41. The number of para-hydroxylation sites is 2. The summed E-state index contributed by atoms with van der Waals surface area (Å²) in [6, 6.07) is 13.0. The van der Waals surface area contributed by atoms with Crippen molar-refractivity contribution in [1.29, 1.82) is 0 Å². The van der Waals surface area contributed by atoms with E-state index < -0.39 is 0 Å². The van der Waals surface area contributed by atoms with Crippen LogP contribution in [0.3, 0.4) is 0 Å². The molecule has 0 amide bonds. The Morgan fingerprint density at radius 3 is 2.59 bits per heavy atom. The topological polar surface area (TPSA) is 47.3 Å². The first-order valence-corrected chi connectivity index (χ1v) is 5.53. The van der Waals surface area contributed by atoms with Crippen molar-refractivity contribution in [3.63, 3.8) is 0 Å². The molecule has 2 aromatic carbocycles. The van der Waals surface area contributed by atoms with Gasteiger partial charge in [-0.2, -0.15) is 0 Å². The summed E-state index contributed by atoms with van der Waals surface area (Å²) in [4.78, 5) is 0. The minimum absolute atomic E-state index is 0.580. The molecule has 4 heteroatoms. The Bertz CT molecular complexity index is 529. The Morgan fingerprint density at radius 1 is 1.12 bits per heavy atom. The van der Waals surface area contributed by atoms with Gasteiger partial charge >= 0.3 is 0 Å². The van der Waals surface area contributed by atoms with Gasteiger partial charge in [-0.25, -0.2) is 0 Å². The largest absolute Gasteiger partial charge is 0.495 e. The second kappa shape index (κ2) is 4.97. The Balaban J connectivity index is 2.31. The molecule has 3 N–H and O–H groups in total. The highest BCUT2D eigenvalue weighted by Gasteiger charge is 2.05. The van der Waals surface area contributed by atoms with E-state index in [0.29, 0.717) is 10.7 Å². The fraction of sp³-hybridized carbons (Fsp3) is 0.0769. The zero-order chi connectivity index (χ0) is 12.3. The van der Waals surface area contributed by atoms with E-state index in [9.17, 15) is 0 Å². The highest BCUT2D eigenvalue weighted by atomic mass is 35.5. The molecule has 2 aromatic rings. The Labute approximate surface area is 105 Å². The molecule has 0 unspecified atom stereocenters. The Hall–Kier alpha value is -1.87. The van der Waals surface area contributed by atoms with E-state index >= 15 is 0 Å². The van der Waals surface area contributed by atoms with Gasteiger partial charge in [0.05, 0.1) is 23.5 Å². The van der Waals surface area contributed by atoms with Crippen LogP contribution in [0.4, 0.5) is 17.1 Å². The van der Waals surface area contributed by atoms with Crippen molar-refractivity contribution in [3.05, 3.63) is 47.5 Å². The fourth-order valence-corrected chi connectivity index (χ4v) is 1.76. The van der Waals surface area contributed by atoms with E-state index in [4.69, 9.17) is 22.1 Å². The highest BCUT2D eigenvalue weighted by molar-refractivity contribution is 6.33. The molecule has 0 fully saturated rings. The number of hydrogen-bond acceptors (Lipinski definition) is 3. The summed E-state index contributed by atoms with van der Waals surface area (Å²) >= 11 is 6.09. The Morgan fingerprint density at radius 2 is 1.88 bits per heavy atom. The molecule has 0 heterocycles. The van der Waals surface area contributed by atoms with E-state index in [1.54, 1.807) is 19.2 Å². The minimum atomic E-state index is 0.580. The number of ether oxygens (including phenoxy) is 1. The summed E-state index contributed by atoms with van der Waals surface area (Å²) in [6.07, 6.45) is 0. The molecule has 17 heavy (non-hydrogen) atoms. The maximum absolute atomic E-state index is 6.09. The lowest BCUT2D eigenvalue weighted by molar-refractivity contribution is 0.417. The van der Waals surface area contributed by atoms with E-state index in [0.717, 1.165) is 17.1 Å². The molecule has 0 aromatic heterocycles.